The van der Waals surface area contributed by atoms with Gasteiger partial charge in [0.25, 0.3) is 0 Å². The first-order valence-corrected chi connectivity index (χ1v) is 3.52. The summed E-state index contributed by atoms with van der Waals surface area (Å²) in [6.07, 6.45) is 2.24. The number of hydrogen-bond acceptors (Lipinski definition) is 3. The summed E-state index contributed by atoms with van der Waals surface area (Å²) in [6, 6.07) is 0. The molecule has 0 amide bonds. The van der Waals surface area contributed by atoms with E-state index in [1.54, 1.807) is 0 Å². The largest absolute Gasteiger partial charge is 0.467 e. The van der Waals surface area contributed by atoms with Crippen LogP contribution in [0.5, 0.6) is 0 Å². The van der Waals surface area contributed by atoms with Gasteiger partial charge in [-0.2, -0.15) is 0 Å². The number of epoxide rings is 1. The van der Waals surface area contributed by atoms with Gasteiger partial charge < -0.3 is 9.47 Å². The summed E-state index contributed by atoms with van der Waals surface area (Å²) in [5.74, 6) is 0.273. The van der Waals surface area contributed by atoms with Gasteiger partial charge in [-0.25, -0.2) is 4.79 Å². The van der Waals surface area contributed by atoms with Gasteiger partial charge in [-0.05, 0) is 12.8 Å². The Bertz CT molecular complexity index is 168. The summed E-state index contributed by atoms with van der Waals surface area (Å²) in [5, 5.41) is 0. The summed E-state index contributed by atoms with van der Waals surface area (Å²) < 4.78 is 9.71. The number of esters is 1. The molecule has 1 atom stereocenters. The van der Waals surface area contributed by atoms with E-state index in [0.29, 0.717) is 12.5 Å². The van der Waals surface area contributed by atoms with Gasteiger partial charge in [0.05, 0.1) is 13.7 Å². The Hall–Kier alpha value is -0.570. The van der Waals surface area contributed by atoms with Gasteiger partial charge in [0, 0.05) is 5.92 Å². The van der Waals surface area contributed by atoms with Gasteiger partial charge in [-0.1, -0.05) is 0 Å². The van der Waals surface area contributed by atoms with E-state index in [1.165, 1.54) is 7.11 Å². The maximum atomic E-state index is 11.0. The predicted octanol–water partition coefficient (Wildman–Crippen LogP) is 0.338. The summed E-state index contributed by atoms with van der Waals surface area (Å²) >= 11 is 0. The van der Waals surface area contributed by atoms with Crippen LogP contribution < -0.4 is 0 Å². The zero-order chi connectivity index (χ0) is 7.19. The molecule has 0 radical (unpaired) electrons. The zero-order valence-corrected chi connectivity index (χ0v) is 5.92. The van der Waals surface area contributed by atoms with Crippen molar-refractivity contribution in [2.45, 2.75) is 18.4 Å². The average Bonchev–Trinajstić information content (AvgIpc) is 2.74. The van der Waals surface area contributed by atoms with Crippen molar-refractivity contribution in [2.75, 3.05) is 13.7 Å². The molecule has 10 heavy (non-hydrogen) atoms. The second kappa shape index (κ2) is 1.72. The van der Waals surface area contributed by atoms with E-state index in [1.807, 2.05) is 0 Å². The van der Waals surface area contributed by atoms with Crippen LogP contribution in [0.2, 0.25) is 0 Å². The van der Waals surface area contributed by atoms with Crippen LogP contribution in [0.1, 0.15) is 12.8 Å². The summed E-state index contributed by atoms with van der Waals surface area (Å²) in [7, 11) is 1.41. The first-order chi connectivity index (χ1) is 4.79. The number of methoxy groups -OCH3 is 1. The lowest BCUT2D eigenvalue weighted by atomic mass is 10.1. The maximum absolute atomic E-state index is 11.0. The third kappa shape index (κ3) is 0.669. The molecule has 1 heterocycles. The van der Waals surface area contributed by atoms with E-state index in [0.717, 1.165) is 12.8 Å². The van der Waals surface area contributed by atoms with Gasteiger partial charge in [-0.15, -0.1) is 0 Å². The van der Waals surface area contributed by atoms with Crippen molar-refractivity contribution in [3.8, 4) is 0 Å². The SMILES string of the molecule is COC(=O)C1(C2CC2)CO1. The molecular formula is C7H10O3. The van der Waals surface area contributed by atoms with Gasteiger partial charge in [0.1, 0.15) is 0 Å². The Morgan fingerprint density at radius 2 is 2.30 bits per heavy atom. The molecular weight excluding hydrogens is 132 g/mol. The van der Waals surface area contributed by atoms with Crippen LogP contribution in [-0.4, -0.2) is 25.3 Å². The fraction of sp³-hybridized carbons (Fsp3) is 0.857. The van der Waals surface area contributed by atoms with Crippen molar-refractivity contribution in [1.82, 2.24) is 0 Å². The number of ether oxygens (including phenoxy) is 2. The van der Waals surface area contributed by atoms with Crippen LogP contribution in [0.15, 0.2) is 0 Å². The number of hydrogen-bond donors (Lipinski definition) is 0. The van der Waals surface area contributed by atoms with Gasteiger partial charge in [0.15, 0.2) is 5.60 Å². The molecule has 0 spiro atoms. The Morgan fingerprint density at radius 3 is 2.60 bits per heavy atom. The van der Waals surface area contributed by atoms with Crippen molar-refractivity contribution in [3.63, 3.8) is 0 Å². The normalized spacial score (nSPS) is 37.3. The molecule has 3 heteroatoms. The molecule has 2 aliphatic rings. The summed E-state index contributed by atoms with van der Waals surface area (Å²) in [6.45, 7) is 0.574. The van der Waals surface area contributed by atoms with Crippen LogP contribution in [0.4, 0.5) is 0 Å². The number of rotatable bonds is 2. The minimum absolute atomic E-state index is 0.185. The molecule has 56 valence electrons. The quantitative estimate of drug-likeness (QED) is 0.412. The zero-order valence-electron chi connectivity index (χ0n) is 5.92. The van der Waals surface area contributed by atoms with Crippen LogP contribution in [0.25, 0.3) is 0 Å². The van der Waals surface area contributed by atoms with Gasteiger partial charge in [-0.3, -0.25) is 0 Å². The molecule has 0 aromatic rings. The Balaban J connectivity index is 2.06. The van der Waals surface area contributed by atoms with Crippen LogP contribution >= 0.6 is 0 Å². The molecule has 1 saturated carbocycles. The molecule has 1 aliphatic heterocycles. The molecule has 3 nitrogen and oxygen atoms in total. The van der Waals surface area contributed by atoms with E-state index in [4.69, 9.17) is 4.74 Å². The first kappa shape index (κ1) is 6.16. The van der Waals surface area contributed by atoms with E-state index in [-0.39, 0.29) is 5.97 Å². The third-order valence-electron chi connectivity index (χ3n) is 2.22. The molecule has 1 aliphatic carbocycles. The van der Waals surface area contributed by atoms with Crippen molar-refractivity contribution in [2.24, 2.45) is 5.92 Å². The van der Waals surface area contributed by atoms with Crippen molar-refractivity contribution in [1.29, 1.82) is 0 Å². The van der Waals surface area contributed by atoms with Gasteiger partial charge in [0.2, 0.25) is 0 Å². The van der Waals surface area contributed by atoms with Crippen molar-refractivity contribution >= 4 is 5.97 Å². The minimum Gasteiger partial charge on any atom is -0.467 e. The maximum Gasteiger partial charge on any atom is 0.340 e. The third-order valence-corrected chi connectivity index (χ3v) is 2.22. The standard InChI is InChI=1S/C7H10O3/c1-9-6(8)7(4-10-7)5-2-3-5/h5H,2-4H2,1H3. The van der Waals surface area contributed by atoms with Crippen molar-refractivity contribution in [3.05, 3.63) is 0 Å². The monoisotopic (exact) mass is 142 g/mol. The molecule has 0 bridgehead atoms. The second-order valence-corrected chi connectivity index (χ2v) is 2.94. The lowest BCUT2D eigenvalue weighted by molar-refractivity contribution is -0.147. The highest BCUT2D eigenvalue weighted by molar-refractivity contribution is 5.83. The van der Waals surface area contributed by atoms with E-state index < -0.39 is 5.60 Å². The van der Waals surface area contributed by atoms with Gasteiger partial charge >= 0.3 is 5.97 Å². The molecule has 0 aromatic carbocycles. The average molecular weight is 142 g/mol. The highest BCUT2D eigenvalue weighted by Gasteiger charge is 2.62. The van der Waals surface area contributed by atoms with E-state index >= 15 is 0 Å². The molecule has 1 unspecified atom stereocenters. The molecule has 2 rings (SSSR count). The van der Waals surface area contributed by atoms with E-state index in [2.05, 4.69) is 4.74 Å². The smallest absolute Gasteiger partial charge is 0.340 e. The summed E-state index contributed by atoms with van der Waals surface area (Å²) in [5.41, 5.74) is -0.491. The van der Waals surface area contributed by atoms with E-state index in [9.17, 15) is 4.79 Å². The molecule has 2 fully saturated rings. The second-order valence-electron chi connectivity index (χ2n) is 2.94. The Morgan fingerprint density at radius 1 is 1.70 bits per heavy atom. The topological polar surface area (TPSA) is 38.8 Å². The first-order valence-electron chi connectivity index (χ1n) is 3.52. The lowest BCUT2D eigenvalue weighted by Crippen LogP contribution is -2.28. The van der Waals surface area contributed by atoms with Crippen molar-refractivity contribution < 1.29 is 14.3 Å². The fourth-order valence-electron chi connectivity index (χ4n) is 1.32. The Kier molecular flexibility index (Phi) is 1.06. The fourth-order valence-corrected chi connectivity index (χ4v) is 1.32. The molecule has 0 N–H and O–H groups in total. The van der Waals surface area contributed by atoms with Crippen LogP contribution in [0.3, 0.4) is 0 Å². The van der Waals surface area contributed by atoms with Crippen LogP contribution in [-0.2, 0) is 14.3 Å². The Labute approximate surface area is 59.3 Å². The molecule has 0 aromatic heterocycles. The number of carbonyl (C=O) groups excluding carboxylic acids is 1. The predicted molar refractivity (Wildman–Crippen MR) is 33.4 cm³/mol. The lowest BCUT2D eigenvalue weighted by Gasteiger charge is -2.05. The van der Waals surface area contributed by atoms with Crippen LogP contribution in [0, 0.1) is 5.92 Å². The minimum atomic E-state index is -0.491. The summed E-state index contributed by atoms with van der Waals surface area (Å²) in [4.78, 5) is 11.0. The highest BCUT2D eigenvalue weighted by atomic mass is 16.6. The molecule has 1 saturated heterocycles. The number of carbonyl (C=O) groups is 1. The highest BCUT2D eigenvalue weighted by Crippen LogP contribution is 2.49.